The first kappa shape index (κ1) is 21.8. The number of ketones is 1. The van der Waals surface area contributed by atoms with Gasteiger partial charge in [0.2, 0.25) is 5.91 Å². The van der Waals surface area contributed by atoms with Crippen molar-refractivity contribution in [2.45, 2.75) is 58.6 Å². The molecule has 26 heavy (non-hydrogen) atoms. The molecule has 0 heterocycles. The maximum atomic E-state index is 12.5. The molecule has 3 N–H and O–H groups in total. The number of benzene rings is 1. The van der Waals surface area contributed by atoms with E-state index < -0.39 is 12.1 Å². The Morgan fingerprint density at radius 1 is 1.08 bits per heavy atom. The van der Waals surface area contributed by atoms with Crippen molar-refractivity contribution in [2.75, 3.05) is 6.54 Å². The maximum absolute atomic E-state index is 12.5. The molecule has 6 heteroatoms. The van der Waals surface area contributed by atoms with E-state index in [0.29, 0.717) is 31.4 Å². The Labute approximate surface area is 155 Å². The number of amides is 2. The van der Waals surface area contributed by atoms with E-state index in [4.69, 9.17) is 5.11 Å². The summed E-state index contributed by atoms with van der Waals surface area (Å²) in [5.41, 5.74) is 0.519. The summed E-state index contributed by atoms with van der Waals surface area (Å²) in [7, 11) is 0. The molecule has 0 aliphatic rings. The van der Waals surface area contributed by atoms with Gasteiger partial charge in [-0.3, -0.25) is 14.4 Å². The Morgan fingerprint density at radius 2 is 1.73 bits per heavy atom. The smallest absolute Gasteiger partial charge is 0.251 e. The highest BCUT2D eigenvalue weighted by molar-refractivity contribution is 5.97. The summed E-state index contributed by atoms with van der Waals surface area (Å²) < 4.78 is 0. The van der Waals surface area contributed by atoms with Gasteiger partial charge in [-0.1, -0.05) is 38.5 Å². The number of aliphatic hydroxyl groups is 1. The first-order valence-corrected chi connectivity index (χ1v) is 9.21. The summed E-state index contributed by atoms with van der Waals surface area (Å²) in [5, 5.41) is 14.8. The van der Waals surface area contributed by atoms with E-state index in [0.717, 1.165) is 6.42 Å². The fourth-order valence-electron chi connectivity index (χ4n) is 2.47. The third-order valence-electron chi connectivity index (χ3n) is 4.43. The molecular weight excluding hydrogens is 332 g/mol. The van der Waals surface area contributed by atoms with Gasteiger partial charge in [0.1, 0.15) is 12.1 Å². The molecule has 0 saturated carbocycles. The lowest BCUT2D eigenvalue weighted by molar-refractivity contribution is -0.126. The number of hydrogen-bond donors (Lipinski definition) is 3. The molecule has 6 nitrogen and oxygen atoms in total. The minimum atomic E-state index is -0.937. The third-order valence-corrected chi connectivity index (χ3v) is 4.43. The van der Waals surface area contributed by atoms with Gasteiger partial charge in [-0.2, -0.15) is 0 Å². The minimum absolute atomic E-state index is 0.000483. The fourth-order valence-corrected chi connectivity index (χ4v) is 2.47. The standard InChI is InChI=1S/C20H30N2O4/c1-4-14(2)18(22-19(25)16-10-6-5-7-11-16)20(26)21-13-9-8-12-17(24)15(3)23/h5-7,10-11,14-15,18,23H,4,8-9,12-13H2,1-3H3,(H,21,26)(H,22,25)/t14?,15?,18-/m0/s1. The first-order chi connectivity index (χ1) is 12.4. The van der Waals surface area contributed by atoms with Gasteiger partial charge in [-0.15, -0.1) is 0 Å². The number of aliphatic hydroxyl groups excluding tert-OH is 1. The van der Waals surface area contributed by atoms with E-state index in [1.165, 1.54) is 6.92 Å². The van der Waals surface area contributed by atoms with E-state index in [-0.39, 0.29) is 23.5 Å². The summed E-state index contributed by atoms with van der Waals surface area (Å²) in [6.07, 6.45) is 1.37. The molecule has 0 spiro atoms. The van der Waals surface area contributed by atoms with Crippen molar-refractivity contribution in [1.82, 2.24) is 10.6 Å². The normalized spacial score (nSPS) is 14.2. The molecule has 1 rings (SSSR count). The lowest BCUT2D eigenvalue weighted by Crippen LogP contribution is -2.50. The van der Waals surface area contributed by atoms with Crippen LogP contribution in [0.1, 0.15) is 56.8 Å². The van der Waals surface area contributed by atoms with Crippen molar-refractivity contribution in [3.05, 3.63) is 35.9 Å². The van der Waals surface area contributed by atoms with E-state index >= 15 is 0 Å². The van der Waals surface area contributed by atoms with Crippen LogP contribution < -0.4 is 10.6 Å². The van der Waals surface area contributed by atoms with Gasteiger partial charge in [0.05, 0.1) is 0 Å². The van der Waals surface area contributed by atoms with Gasteiger partial charge in [-0.25, -0.2) is 0 Å². The zero-order valence-corrected chi connectivity index (χ0v) is 15.8. The number of carbonyl (C=O) groups excluding carboxylic acids is 3. The Bertz CT molecular complexity index is 587. The predicted octanol–water partition coefficient (Wildman–Crippen LogP) is 2.07. The van der Waals surface area contributed by atoms with Crippen molar-refractivity contribution in [1.29, 1.82) is 0 Å². The quantitative estimate of drug-likeness (QED) is 0.525. The van der Waals surface area contributed by atoms with Crippen molar-refractivity contribution in [3.63, 3.8) is 0 Å². The lowest BCUT2D eigenvalue weighted by Gasteiger charge is -2.23. The van der Waals surface area contributed by atoms with Gasteiger partial charge in [-0.05, 0) is 37.8 Å². The molecule has 0 aliphatic carbocycles. The monoisotopic (exact) mass is 362 g/mol. The van der Waals surface area contributed by atoms with Crippen LogP contribution in [-0.2, 0) is 9.59 Å². The molecule has 144 valence electrons. The van der Waals surface area contributed by atoms with Gasteiger partial charge in [0.15, 0.2) is 5.78 Å². The molecule has 1 aromatic carbocycles. The molecule has 2 unspecified atom stereocenters. The number of Topliss-reactive ketones (excluding diaryl/α,β-unsaturated/α-hetero) is 1. The maximum Gasteiger partial charge on any atom is 0.251 e. The van der Waals surface area contributed by atoms with Crippen molar-refractivity contribution in [2.24, 2.45) is 5.92 Å². The fraction of sp³-hybridized carbons (Fsp3) is 0.550. The third kappa shape index (κ3) is 7.35. The van der Waals surface area contributed by atoms with E-state index in [2.05, 4.69) is 10.6 Å². The van der Waals surface area contributed by atoms with Gasteiger partial charge < -0.3 is 15.7 Å². The van der Waals surface area contributed by atoms with Crippen LogP contribution in [0.25, 0.3) is 0 Å². The van der Waals surface area contributed by atoms with E-state index in [9.17, 15) is 14.4 Å². The Kier molecular flexibility index (Phi) is 9.58. The Morgan fingerprint density at radius 3 is 2.31 bits per heavy atom. The number of nitrogens with one attached hydrogen (secondary N) is 2. The summed E-state index contributed by atoms with van der Waals surface area (Å²) in [5.74, 6) is -0.678. The second kappa shape index (κ2) is 11.4. The molecule has 1 aromatic rings. The van der Waals surface area contributed by atoms with Crippen LogP contribution in [0.4, 0.5) is 0 Å². The molecule has 0 aliphatic heterocycles. The highest BCUT2D eigenvalue weighted by Gasteiger charge is 2.25. The number of carbonyl (C=O) groups is 3. The van der Waals surface area contributed by atoms with Crippen LogP contribution in [0.3, 0.4) is 0 Å². The number of rotatable bonds is 11. The highest BCUT2D eigenvalue weighted by atomic mass is 16.3. The molecular formula is C20H30N2O4. The van der Waals surface area contributed by atoms with E-state index in [1.54, 1.807) is 24.3 Å². The second-order valence-electron chi connectivity index (χ2n) is 6.59. The molecule has 0 bridgehead atoms. The summed E-state index contributed by atoms with van der Waals surface area (Å²) in [6.45, 7) is 5.79. The number of hydrogen-bond acceptors (Lipinski definition) is 4. The average Bonchev–Trinajstić information content (AvgIpc) is 2.65. The molecule has 2 amide bonds. The molecule has 0 radical (unpaired) electrons. The summed E-state index contributed by atoms with van der Waals surface area (Å²) >= 11 is 0. The lowest BCUT2D eigenvalue weighted by atomic mass is 9.97. The second-order valence-corrected chi connectivity index (χ2v) is 6.59. The van der Waals surface area contributed by atoms with Crippen LogP contribution in [-0.4, -0.2) is 41.4 Å². The topological polar surface area (TPSA) is 95.5 Å². The first-order valence-electron chi connectivity index (χ1n) is 9.21. The zero-order chi connectivity index (χ0) is 19.5. The molecule has 0 saturated heterocycles. The van der Waals surface area contributed by atoms with Crippen LogP contribution >= 0.6 is 0 Å². The van der Waals surface area contributed by atoms with Gasteiger partial charge >= 0.3 is 0 Å². The Balaban J connectivity index is 2.51. The number of unbranched alkanes of at least 4 members (excludes halogenated alkanes) is 1. The highest BCUT2D eigenvalue weighted by Crippen LogP contribution is 2.10. The van der Waals surface area contributed by atoms with Crippen LogP contribution in [0.5, 0.6) is 0 Å². The van der Waals surface area contributed by atoms with Crippen molar-refractivity contribution in [3.8, 4) is 0 Å². The molecule has 0 fully saturated rings. The van der Waals surface area contributed by atoms with Crippen molar-refractivity contribution < 1.29 is 19.5 Å². The summed E-state index contributed by atoms with van der Waals surface area (Å²) in [6, 6.07) is 8.20. The minimum Gasteiger partial charge on any atom is -0.386 e. The van der Waals surface area contributed by atoms with Crippen LogP contribution in [0.15, 0.2) is 30.3 Å². The van der Waals surface area contributed by atoms with E-state index in [1.807, 2.05) is 19.9 Å². The van der Waals surface area contributed by atoms with Gasteiger partial charge in [0.25, 0.3) is 5.91 Å². The summed E-state index contributed by atoms with van der Waals surface area (Å²) in [4.78, 5) is 36.2. The SMILES string of the molecule is CCC(C)[C@H](NC(=O)c1ccccc1)C(=O)NCCCCC(=O)C(C)O. The predicted molar refractivity (Wildman–Crippen MR) is 101 cm³/mol. The average molecular weight is 362 g/mol. The van der Waals surface area contributed by atoms with Crippen LogP contribution in [0, 0.1) is 5.92 Å². The molecule has 3 atom stereocenters. The Hall–Kier alpha value is -2.21. The van der Waals surface area contributed by atoms with Gasteiger partial charge in [0, 0.05) is 18.5 Å². The zero-order valence-electron chi connectivity index (χ0n) is 15.8. The largest absolute Gasteiger partial charge is 0.386 e. The van der Waals surface area contributed by atoms with Crippen LogP contribution in [0.2, 0.25) is 0 Å². The van der Waals surface area contributed by atoms with Crippen molar-refractivity contribution >= 4 is 17.6 Å². The molecule has 0 aromatic heterocycles.